The lowest BCUT2D eigenvalue weighted by Gasteiger charge is -2.38. The second-order valence-corrected chi connectivity index (χ2v) is 18.6. The Morgan fingerprint density at radius 1 is 1.03 bits per heavy atom. The Balaban J connectivity index is 0.986. The van der Waals surface area contributed by atoms with Crippen LogP contribution in [0.1, 0.15) is 99.1 Å². The van der Waals surface area contributed by atoms with Gasteiger partial charge < -0.3 is 39.3 Å². The number of amides is 2. The zero-order valence-electron chi connectivity index (χ0n) is 37.9. The summed E-state index contributed by atoms with van der Waals surface area (Å²) in [6.07, 6.45) is 9.90. The van der Waals surface area contributed by atoms with E-state index in [0.29, 0.717) is 57.2 Å². The predicted molar refractivity (Wildman–Crippen MR) is 245 cm³/mol. The first-order chi connectivity index (χ1) is 30.4. The summed E-state index contributed by atoms with van der Waals surface area (Å²) in [6.45, 7) is 17.7. The number of piperidine rings is 1. The third-order valence-electron chi connectivity index (χ3n) is 12.9. The van der Waals surface area contributed by atoms with Crippen LogP contribution < -0.4 is 15.4 Å². The minimum Gasteiger partial charge on any atom is -0.492 e. The van der Waals surface area contributed by atoms with E-state index >= 15 is 0 Å². The Hall–Kier alpha value is -5.66. The molecule has 0 spiro atoms. The number of hydrogen-bond donors (Lipinski definition) is 4. The normalized spacial score (nSPS) is 20.0. The van der Waals surface area contributed by atoms with Crippen molar-refractivity contribution in [3.05, 3.63) is 113 Å². The monoisotopic (exact) mass is 856 g/mol. The third-order valence-corrected chi connectivity index (χ3v) is 12.9. The van der Waals surface area contributed by atoms with Crippen molar-refractivity contribution >= 4 is 23.0 Å². The molecule has 5 atom stereocenters. The summed E-state index contributed by atoms with van der Waals surface area (Å²) in [7, 11) is 3.18. The van der Waals surface area contributed by atoms with Crippen molar-refractivity contribution in [3.63, 3.8) is 0 Å². The number of carbonyl (C=O) groups excluding carboxylic acids is 2. The average molecular weight is 857 g/mol. The molecule has 1 saturated heterocycles. The second-order valence-electron chi connectivity index (χ2n) is 18.6. The number of hydrogen-bond acceptors (Lipinski definition) is 9. The number of nitrogens with one attached hydrogen (secondary N) is 4. The SMILES string of the molecule is C=C(N[C@@H](C(=O)N1C[C@@H](C)C[C@@H](c2nc3c([nH]2)CCc2cc4c(cc2-3)OCC2CC(c3cnc(CN(CC(C)C)C(=O)[C@@H](NCOC)C(C)C)[nH]3)=CC=C42)C1)c1ccccc1)OC. The molecule has 4 aliphatic rings. The first kappa shape index (κ1) is 44.0. The summed E-state index contributed by atoms with van der Waals surface area (Å²) >= 11 is 0. The van der Waals surface area contributed by atoms with Crippen molar-refractivity contribution in [1.29, 1.82) is 0 Å². The number of fused-ring (bicyclic) bond motifs is 6. The highest BCUT2D eigenvalue weighted by Crippen LogP contribution is 2.47. The van der Waals surface area contributed by atoms with Gasteiger partial charge in [0.1, 0.15) is 23.4 Å². The van der Waals surface area contributed by atoms with E-state index in [4.69, 9.17) is 24.2 Å². The number of ether oxygens (including phenoxy) is 3. The Morgan fingerprint density at radius 2 is 1.84 bits per heavy atom. The maximum absolute atomic E-state index is 14.2. The van der Waals surface area contributed by atoms with E-state index in [1.165, 1.54) is 16.7 Å². The third kappa shape index (κ3) is 9.50. The van der Waals surface area contributed by atoms with Crippen molar-refractivity contribution in [3.8, 4) is 17.0 Å². The van der Waals surface area contributed by atoms with Crippen molar-refractivity contribution < 1.29 is 23.8 Å². The molecule has 4 N–H and O–H groups in total. The summed E-state index contributed by atoms with van der Waals surface area (Å²) in [6, 6.07) is 13.3. The van der Waals surface area contributed by atoms with Crippen LogP contribution in [0.25, 0.3) is 22.4 Å². The molecule has 13 nitrogen and oxygen atoms in total. The van der Waals surface area contributed by atoms with Crippen LogP contribution in [0.5, 0.6) is 5.75 Å². The predicted octanol–water partition coefficient (Wildman–Crippen LogP) is 7.38. The number of H-pyrrole nitrogens is 2. The minimum atomic E-state index is -0.603. The van der Waals surface area contributed by atoms with Crippen LogP contribution in [0.4, 0.5) is 0 Å². The van der Waals surface area contributed by atoms with Gasteiger partial charge in [-0.15, -0.1) is 0 Å². The largest absolute Gasteiger partial charge is 0.492 e. The minimum absolute atomic E-state index is 0.00284. The highest BCUT2D eigenvalue weighted by Gasteiger charge is 2.37. The van der Waals surface area contributed by atoms with Gasteiger partial charge in [0.15, 0.2) is 5.88 Å². The topological polar surface area (TPSA) is 150 Å². The van der Waals surface area contributed by atoms with E-state index in [-0.39, 0.29) is 35.6 Å². The molecule has 2 aliphatic carbocycles. The molecule has 0 bridgehead atoms. The van der Waals surface area contributed by atoms with Gasteiger partial charge in [0, 0.05) is 55.4 Å². The molecular weight excluding hydrogens is 793 g/mol. The molecule has 2 aromatic heterocycles. The van der Waals surface area contributed by atoms with Crippen LogP contribution in [-0.4, -0.2) is 94.8 Å². The number of benzene rings is 2. The van der Waals surface area contributed by atoms with Gasteiger partial charge in [-0.05, 0) is 84.4 Å². The number of imidazole rings is 2. The second kappa shape index (κ2) is 19.0. The Morgan fingerprint density at radius 3 is 2.59 bits per heavy atom. The summed E-state index contributed by atoms with van der Waals surface area (Å²) in [4.78, 5) is 49.1. The van der Waals surface area contributed by atoms with Gasteiger partial charge in [0.05, 0.1) is 50.6 Å². The van der Waals surface area contributed by atoms with E-state index in [2.05, 4.69) is 86.1 Å². The van der Waals surface area contributed by atoms with Crippen LogP contribution in [0.2, 0.25) is 0 Å². The molecule has 63 heavy (non-hydrogen) atoms. The van der Waals surface area contributed by atoms with Gasteiger partial charge in [-0.1, -0.05) is 77.1 Å². The summed E-state index contributed by atoms with van der Waals surface area (Å²) in [5, 5.41) is 6.46. The number of nitrogens with zero attached hydrogens (tertiary/aromatic N) is 4. The van der Waals surface area contributed by atoms with Gasteiger partial charge in [-0.2, -0.15) is 0 Å². The molecule has 4 heterocycles. The van der Waals surface area contributed by atoms with Crippen LogP contribution in [0.3, 0.4) is 0 Å². The van der Waals surface area contributed by atoms with Gasteiger partial charge in [0.2, 0.25) is 11.8 Å². The first-order valence-corrected chi connectivity index (χ1v) is 22.6. The van der Waals surface area contributed by atoms with Crippen molar-refractivity contribution in [2.45, 2.75) is 84.8 Å². The number of carbonyl (C=O) groups is 2. The van der Waals surface area contributed by atoms with Crippen molar-refractivity contribution in [2.75, 3.05) is 47.2 Å². The summed E-state index contributed by atoms with van der Waals surface area (Å²) in [5.74, 6) is 4.00. The molecule has 8 rings (SSSR count). The van der Waals surface area contributed by atoms with Gasteiger partial charge in [0.25, 0.3) is 0 Å². The molecule has 1 fully saturated rings. The number of aromatic nitrogens is 4. The molecule has 2 aromatic carbocycles. The zero-order valence-corrected chi connectivity index (χ0v) is 37.9. The van der Waals surface area contributed by atoms with Gasteiger partial charge in [-0.3, -0.25) is 14.9 Å². The van der Waals surface area contributed by atoms with Crippen LogP contribution >= 0.6 is 0 Å². The van der Waals surface area contributed by atoms with E-state index in [1.54, 1.807) is 14.2 Å². The fraction of sp³-hybridized carbons (Fsp3) is 0.480. The lowest BCUT2D eigenvalue weighted by molar-refractivity contribution is -0.137. The average Bonchev–Trinajstić information content (AvgIpc) is 3.95. The van der Waals surface area contributed by atoms with Gasteiger partial charge in [-0.25, -0.2) is 9.97 Å². The molecule has 0 saturated carbocycles. The molecule has 2 amide bonds. The Bertz CT molecular complexity index is 2360. The Labute approximate surface area is 371 Å². The van der Waals surface area contributed by atoms with Gasteiger partial charge >= 0.3 is 0 Å². The van der Waals surface area contributed by atoms with Crippen LogP contribution in [0, 0.1) is 23.7 Å². The number of allylic oxidation sites excluding steroid dienone is 3. The quantitative estimate of drug-likeness (QED) is 0.0669. The Kier molecular flexibility index (Phi) is 13.2. The standard InChI is InChI=1S/C50H64N8O5/c1-29(2)23-57(49(59)45(30(3)4)52-28-61-7)26-44-51-22-42(54-44)35-14-16-38-37(19-35)27-63-43-21-39-34(20-40(38)43)15-17-41-47(39)56-48(55-41)36-18-31(5)24-58(25-36)50(60)46(53-32(6)62-8)33-12-10-9-11-13-33/h9-14,16,20-22,29-31,36-37,45-46,52-53H,6,15,17-19,23-28H2,1-5,7-8H3,(H,51,54)(H,55,56)/t31-,36+,37?,45-,46+/m0/s1. The van der Waals surface area contributed by atoms with E-state index in [1.807, 2.05) is 46.3 Å². The van der Waals surface area contributed by atoms with Crippen molar-refractivity contribution in [2.24, 2.45) is 23.7 Å². The van der Waals surface area contributed by atoms with Crippen LogP contribution in [0.15, 0.2) is 73.3 Å². The highest BCUT2D eigenvalue weighted by molar-refractivity contribution is 5.86. The number of rotatable bonds is 16. The first-order valence-electron chi connectivity index (χ1n) is 22.6. The smallest absolute Gasteiger partial charge is 0.249 e. The number of methoxy groups -OCH3 is 2. The summed E-state index contributed by atoms with van der Waals surface area (Å²) < 4.78 is 17.1. The number of aromatic amines is 2. The molecule has 1 unspecified atom stereocenters. The fourth-order valence-corrected chi connectivity index (χ4v) is 9.80. The lowest BCUT2D eigenvalue weighted by Crippen LogP contribution is -2.50. The van der Waals surface area contributed by atoms with E-state index in [0.717, 1.165) is 76.9 Å². The number of likely N-dealkylation sites (tertiary alicyclic amines) is 1. The van der Waals surface area contributed by atoms with Crippen LogP contribution in [-0.2, 0) is 38.4 Å². The van der Waals surface area contributed by atoms with E-state index < -0.39 is 6.04 Å². The van der Waals surface area contributed by atoms with Crippen molar-refractivity contribution in [1.82, 2.24) is 40.4 Å². The molecule has 4 aromatic rings. The fourth-order valence-electron chi connectivity index (χ4n) is 9.80. The molecule has 2 aliphatic heterocycles. The molecular formula is C50H64N8O5. The molecule has 334 valence electrons. The molecule has 13 heteroatoms. The van der Waals surface area contributed by atoms with E-state index in [9.17, 15) is 9.59 Å². The maximum Gasteiger partial charge on any atom is 0.249 e. The number of aryl methyl sites for hydroxylation is 2. The zero-order chi connectivity index (χ0) is 44.4. The summed E-state index contributed by atoms with van der Waals surface area (Å²) in [5.41, 5.74) is 10.00. The highest BCUT2D eigenvalue weighted by atomic mass is 16.5. The molecule has 0 radical (unpaired) electrons. The lowest BCUT2D eigenvalue weighted by atomic mass is 9.79. The maximum atomic E-state index is 14.2.